The number of nitrogens with zero attached hydrogens (tertiary/aromatic N) is 1. The van der Waals surface area contributed by atoms with Crippen LogP contribution < -0.4 is 9.64 Å². The van der Waals surface area contributed by atoms with Crippen LogP contribution in [0.1, 0.15) is 15.9 Å². The lowest BCUT2D eigenvalue weighted by Gasteiger charge is -2.32. The summed E-state index contributed by atoms with van der Waals surface area (Å²) in [5, 5.41) is 0. The lowest BCUT2D eigenvalue weighted by Crippen LogP contribution is -2.20. The quantitative estimate of drug-likeness (QED) is 0.639. The first-order chi connectivity index (χ1) is 12.3. The molecule has 0 saturated carbocycles. The number of methoxy groups -OCH3 is 1. The van der Waals surface area contributed by atoms with Crippen LogP contribution in [0.4, 0.5) is 11.4 Å². The summed E-state index contributed by atoms with van der Waals surface area (Å²) >= 11 is 0. The van der Waals surface area contributed by atoms with Gasteiger partial charge >= 0.3 is 5.97 Å². The summed E-state index contributed by atoms with van der Waals surface area (Å²) in [7, 11) is 1.39. The number of para-hydroxylation sites is 4. The zero-order valence-corrected chi connectivity index (χ0v) is 13.8. The Balaban J connectivity index is 1.75. The molecule has 0 saturated heterocycles. The molecule has 0 radical (unpaired) electrons. The molecule has 0 fully saturated rings. The highest BCUT2D eigenvalue weighted by atomic mass is 16.5. The number of carbonyl (C=O) groups is 1. The largest absolute Gasteiger partial charge is 0.465 e. The van der Waals surface area contributed by atoms with Crippen LogP contribution in [0.25, 0.3) is 0 Å². The molecule has 0 atom stereocenters. The van der Waals surface area contributed by atoms with Crippen LogP contribution in [-0.2, 0) is 11.3 Å². The van der Waals surface area contributed by atoms with E-state index < -0.39 is 0 Å². The van der Waals surface area contributed by atoms with Crippen molar-refractivity contribution >= 4 is 17.3 Å². The molecular formula is C21H17NO3. The lowest BCUT2D eigenvalue weighted by molar-refractivity contribution is 0.0600. The minimum Gasteiger partial charge on any atom is -0.465 e. The fraction of sp³-hybridized carbons (Fsp3) is 0.0952. The highest BCUT2D eigenvalue weighted by Gasteiger charge is 2.23. The first kappa shape index (κ1) is 15.3. The van der Waals surface area contributed by atoms with E-state index in [9.17, 15) is 4.79 Å². The molecule has 0 amide bonds. The van der Waals surface area contributed by atoms with Gasteiger partial charge in [-0.25, -0.2) is 4.79 Å². The van der Waals surface area contributed by atoms with Crippen molar-refractivity contribution < 1.29 is 14.3 Å². The molecular weight excluding hydrogens is 314 g/mol. The summed E-state index contributed by atoms with van der Waals surface area (Å²) in [4.78, 5) is 14.0. The Hall–Kier alpha value is -3.27. The molecule has 124 valence electrons. The van der Waals surface area contributed by atoms with E-state index in [1.165, 1.54) is 7.11 Å². The average Bonchev–Trinajstić information content (AvgIpc) is 2.67. The number of fused-ring (bicyclic) bond motifs is 2. The van der Waals surface area contributed by atoms with Gasteiger partial charge in [0, 0.05) is 6.54 Å². The van der Waals surface area contributed by atoms with Crippen LogP contribution in [0, 0.1) is 0 Å². The van der Waals surface area contributed by atoms with Crippen molar-refractivity contribution in [3.8, 4) is 11.5 Å². The second kappa shape index (κ2) is 6.32. The summed E-state index contributed by atoms with van der Waals surface area (Å²) in [6, 6.07) is 23.4. The van der Waals surface area contributed by atoms with Gasteiger partial charge in [0.15, 0.2) is 11.5 Å². The van der Waals surface area contributed by atoms with E-state index in [2.05, 4.69) is 4.90 Å². The van der Waals surface area contributed by atoms with Crippen molar-refractivity contribution in [1.29, 1.82) is 0 Å². The van der Waals surface area contributed by atoms with Crippen LogP contribution in [-0.4, -0.2) is 13.1 Å². The Kier molecular flexibility index (Phi) is 3.86. The molecule has 25 heavy (non-hydrogen) atoms. The second-order valence-electron chi connectivity index (χ2n) is 5.82. The highest BCUT2D eigenvalue weighted by Crippen LogP contribution is 2.46. The predicted octanol–water partition coefficient (Wildman–Crippen LogP) is 4.92. The first-order valence-corrected chi connectivity index (χ1v) is 8.07. The van der Waals surface area contributed by atoms with Gasteiger partial charge in [-0.1, -0.05) is 36.4 Å². The molecule has 4 rings (SSSR count). The minimum absolute atomic E-state index is 0.329. The van der Waals surface area contributed by atoms with E-state index in [0.29, 0.717) is 12.1 Å². The molecule has 0 aliphatic carbocycles. The third kappa shape index (κ3) is 2.83. The zero-order valence-electron chi connectivity index (χ0n) is 13.8. The Morgan fingerprint density at radius 2 is 1.56 bits per heavy atom. The number of hydrogen-bond donors (Lipinski definition) is 0. The number of anilines is 2. The topological polar surface area (TPSA) is 38.8 Å². The second-order valence-corrected chi connectivity index (χ2v) is 5.82. The van der Waals surface area contributed by atoms with Crippen LogP contribution >= 0.6 is 0 Å². The van der Waals surface area contributed by atoms with Crippen molar-refractivity contribution in [3.63, 3.8) is 0 Å². The number of esters is 1. The molecule has 3 aromatic rings. The minimum atomic E-state index is -0.329. The van der Waals surface area contributed by atoms with Gasteiger partial charge in [-0.3, -0.25) is 0 Å². The Bertz CT molecular complexity index is 890. The number of rotatable bonds is 3. The van der Waals surface area contributed by atoms with Gasteiger partial charge in [-0.2, -0.15) is 0 Å². The summed E-state index contributed by atoms with van der Waals surface area (Å²) in [6.07, 6.45) is 0. The summed E-state index contributed by atoms with van der Waals surface area (Å²) in [5.74, 6) is 1.32. The Morgan fingerprint density at radius 1 is 0.920 bits per heavy atom. The van der Waals surface area contributed by atoms with Crippen molar-refractivity contribution in [2.45, 2.75) is 6.54 Å². The highest BCUT2D eigenvalue weighted by molar-refractivity contribution is 5.89. The Morgan fingerprint density at radius 3 is 2.20 bits per heavy atom. The van der Waals surface area contributed by atoms with E-state index in [-0.39, 0.29) is 5.97 Å². The maximum atomic E-state index is 11.8. The van der Waals surface area contributed by atoms with Crippen LogP contribution in [0.5, 0.6) is 11.5 Å². The van der Waals surface area contributed by atoms with Gasteiger partial charge in [0.05, 0.1) is 24.0 Å². The van der Waals surface area contributed by atoms with Crippen molar-refractivity contribution in [3.05, 3.63) is 83.9 Å². The van der Waals surface area contributed by atoms with Crippen molar-refractivity contribution in [1.82, 2.24) is 0 Å². The normalized spacial score (nSPS) is 12.0. The fourth-order valence-corrected chi connectivity index (χ4v) is 3.05. The molecule has 1 heterocycles. The van der Waals surface area contributed by atoms with Crippen LogP contribution in [0.2, 0.25) is 0 Å². The fourth-order valence-electron chi connectivity index (χ4n) is 3.05. The predicted molar refractivity (Wildman–Crippen MR) is 96.6 cm³/mol. The SMILES string of the molecule is COC(=O)c1cccc(CN2c3ccccc3Oc3ccccc32)c1. The molecule has 3 aromatic carbocycles. The average molecular weight is 331 g/mol. The van der Waals surface area contributed by atoms with E-state index in [1.54, 1.807) is 6.07 Å². The van der Waals surface area contributed by atoms with Gasteiger partial charge in [0.25, 0.3) is 0 Å². The standard InChI is InChI=1S/C21H17NO3/c1-24-21(23)16-8-6-7-15(13-16)14-22-17-9-2-4-11-19(17)25-20-12-5-3-10-18(20)22/h2-13H,14H2,1H3. The summed E-state index contributed by atoms with van der Waals surface area (Å²) in [5.41, 5.74) is 3.58. The third-order valence-electron chi connectivity index (χ3n) is 4.22. The number of carbonyl (C=O) groups excluding carboxylic acids is 1. The molecule has 4 heteroatoms. The first-order valence-electron chi connectivity index (χ1n) is 8.07. The lowest BCUT2D eigenvalue weighted by atomic mass is 10.1. The summed E-state index contributed by atoms with van der Waals surface area (Å²) < 4.78 is 10.8. The molecule has 0 bridgehead atoms. The van der Waals surface area contributed by atoms with Gasteiger partial charge in [0.1, 0.15) is 0 Å². The van der Waals surface area contributed by atoms with E-state index >= 15 is 0 Å². The zero-order chi connectivity index (χ0) is 17.2. The maximum absolute atomic E-state index is 11.8. The molecule has 0 aromatic heterocycles. The van der Waals surface area contributed by atoms with E-state index in [4.69, 9.17) is 9.47 Å². The van der Waals surface area contributed by atoms with E-state index in [0.717, 1.165) is 28.4 Å². The number of benzene rings is 3. The van der Waals surface area contributed by atoms with Crippen LogP contribution in [0.15, 0.2) is 72.8 Å². The van der Waals surface area contributed by atoms with Gasteiger partial charge in [0.2, 0.25) is 0 Å². The molecule has 1 aliphatic heterocycles. The third-order valence-corrected chi connectivity index (χ3v) is 4.22. The van der Waals surface area contributed by atoms with E-state index in [1.807, 2.05) is 66.7 Å². The van der Waals surface area contributed by atoms with Gasteiger partial charge in [-0.15, -0.1) is 0 Å². The van der Waals surface area contributed by atoms with Crippen molar-refractivity contribution in [2.24, 2.45) is 0 Å². The van der Waals surface area contributed by atoms with Crippen LogP contribution in [0.3, 0.4) is 0 Å². The van der Waals surface area contributed by atoms with Gasteiger partial charge < -0.3 is 14.4 Å². The summed E-state index contributed by atoms with van der Waals surface area (Å²) in [6.45, 7) is 0.627. The Labute approximate surface area is 146 Å². The molecule has 0 N–H and O–H groups in total. The molecule has 4 nitrogen and oxygen atoms in total. The van der Waals surface area contributed by atoms with Gasteiger partial charge in [-0.05, 0) is 42.0 Å². The molecule has 0 unspecified atom stereocenters. The monoisotopic (exact) mass is 331 g/mol. The maximum Gasteiger partial charge on any atom is 0.337 e. The smallest absolute Gasteiger partial charge is 0.337 e. The molecule has 1 aliphatic rings. The van der Waals surface area contributed by atoms with Crippen molar-refractivity contribution in [2.75, 3.05) is 12.0 Å². The number of hydrogen-bond acceptors (Lipinski definition) is 4. The number of ether oxygens (including phenoxy) is 2. The molecule has 0 spiro atoms.